The van der Waals surface area contributed by atoms with E-state index in [1.165, 1.54) is 24.3 Å². The summed E-state index contributed by atoms with van der Waals surface area (Å²) in [6, 6.07) is 10.3. The normalized spacial score (nSPS) is 14.5. The lowest BCUT2D eigenvalue weighted by atomic mass is 9.96. The molecule has 9 N–H and O–H groups in total. The first kappa shape index (κ1) is 32.8. The van der Waals surface area contributed by atoms with Crippen molar-refractivity contribution >= 4 is 29.6 Å². The molecule has 0 heterocycles. The molecule has 12 nitrogen and oxygen atoms in total. The third-order valence-electron chi connectivity index (χ3n) is 6.73. The summed E-state index contributed by atoms with van der Waals surface area (Å²) in [4.78, 5) is 62.8. The monoisotopic (exact) mass is 569 g/mol. The van der Waals surface area contributed by atoms with Gasteiger partial charge in [-0.2, -0.15) is 0 Å². The molecule has 2 aromatic rings. The van der Waals surface area contributed by atoms with Crippen molar-refractivity contribution in [1.82, 2.24) is 16.0 Å². The molecule has 0 aromatic heterocycles. The number of benzene rings is 2. The van der Waals surface area contributed by atoms with Crippen molar-refractivity contribution in [3.05, 3.63) is 65.7 Å². The summed E-state index contributed by atoms with van der Waals surface area (Å²) in [6.07, 6.45) is 0.229. The molecule has 0 bridgehead atoms. The van der Waals surface area contributed by atoms with E-state index in [1.54, 1.807) is 6.92 Å². The van der Waals surface area contributed by atoms with Crippen LogP contribution in [0, 0.1) is 5.92 Å². The molecule has 0 spiro atoms. The molecule has 2 rings (SSSR count). The van der Waals surface area contributed by atoms with Crippen LogP contribution in [0.3, 0.4) is 0 Å². The number of phenolic OH excluding ortho intramolecular Hbond substituents is 1. The fourth-order valence-electron chi connectivity index (χ4n) is 4.08. The summed E-state index contributed by atoms with van der Waals surface area (Å²) < 4.78 is 0. The van der Waals surface area contributed by atoms with Crippen LogP contribution < -0.4 is 27.4 Å². The van der Waals surface area contributed by atoms with Crippen molar-refractivity contribution in [1.29, 1.82) is 0 Å². The Morgan fingerprint density at radius 3 is 1.95 bits per heavy atom. The van der Waals surface area contributed by atoms with Gasteiger partial charge < -0.3 is 37.6 Å². The molecule has 4 amide bonds. The quantitative estimate of drug-likeness (QED) is 0.149. The van der Waals surface area contributed by atoms with Gasteiger partial charge in [-0.15, -0.1) is 0 Å². The molecular formula is C29H39N5O7. The van der Waals surface area contributed by atoms with E-state index >= 15 is 0 Å². The van der Waals surface area contributed by atoms with Crippen LogP contribution in [0.5, 0.6) is 5.75 Å². The maximum absolute atomic E-state index is 13.4. The van der Waals surface area contributed by atoms with Gasteiger partial charge in [-0.1, -0.05) is 62.7 Å². The highest BCUT2D eigenvalue weighted by atomic mass is 16.4. The van der Waals surface area contributed by atoms with Crippen molar-refractivity contribution in [2.75, 3.05) is 0 Å². The highest BCUT2D eigenvalue weighted by Crippen LogP contribution is 2.13. The predicted octanol–water partition coefficient (Wildman–Crippen LogP) is 0.355. The van der Waals surface area contributed by atoms with Crippen LogP contribution in [0.4, 0.5) is 0 Å². The van der Waals surface area contributed by atoms with E-state index < -0.39 is 53.8 Å². The molecule has 0 fully saturated rings. The van der Waals surface area contributed by atoms with Gasteiger partial charge in [0, 0.05) is 12.8 Å². The van der Waals surface area contributed by atoms with E-state index in [4.69, 9.17) is 11.5 Å². The number of rotatable bonds is 16. The van der Waals surface area contributed by atoms with Crippen LogP contribution in [0.15, 0.2) is 54.6 Å². The Labute approximate surface area is 238 Å². The highest BCUT2D eigenvalue weighted by molar-refractivity contribution is 5.94. The van der Waals surface area contributed by atoms with E-state index in [0.29, 0.717) is 12.0 Å². The highest BCUT2D eigenvalue weighted by Gasteiger charge is 2.32. The Hall–Kier alpha value is -4.45. The van der Waals surface area contributed by atoms with Gasteiger partial charge in [-0.05, 0) is 42.0 Å². The SMILES string of the molecule is CCC(C)C(NC(=O)C(N)Cc1ccccc1)C(=O)NC(CCC(N)=O)C(=O)NC(Cc1ccc(O)cc1)C(=O)O. The minimum absolute atomic E-state index is 0.00265. The van der Waals surface area contributed by atoms with Crippen LogP contribution >= 0.6 is 0 Å². The fourth-order valence-corrected chi connectivity index (χ4v) is 4.08. The zero-order valence-electron chi connectivity index (χ0n) is 23.2. The van der Waals surface area contributed by atoms with Gasteiger partial charge in [-0.25, -0.2) is 4.79 Å². The largest absolute Gasteiger partial charge is 0.508 e. The molecular weight excluding hydrogens is 530 g/mol. The number of nitrogens with two attached hydrogens (primary N) is 2. The average Bonchev–Trinajstić information content (AvgIpc) is 2.94. The van der Waals surface area contributed by atoms with Gasteiger partial charge in [-0.3, -0.25) is 19.2 Å². The molecule has 5 unspecified atom stereocenters. The third kappa shape index (κ3) is 10.9. The number of nitrogens with one attached hydrogen (secondary N) is 3. The second-order valence-electron chi connectivity index (χ2n) is 10.0. The Morgan fingerprint density at radius 1 is 0.805 bits per heavy atom. The van der Waals surface area contributed by atoms with Crippen LogP contribution in [0.1, 0.15) is 44.2 Å². The number of aromatic hydroxyl groups is 1. The second kappa shape index (κ2) is 16.0. The van der Waals surface area contributed by atoms with E-state index in [0.717, 1.165) is 5.56 Å². The van der Waals surface area contributed by atoms with Crippen molar-refractivity contribution in [3.8, 4) is 5.75 Å². The fraction of sp³-hybridized carbons (Fsp3) is 0.414. The molecule has 0 saturated carbocycles. The number of phenols is 1. The summed E-state index contributed by atoms with van der Waals surface area (Å²) in [7, 11) is 0. The van der Waals surface area contributed by atoms with Gasteiger partial charge in [0.1, 0.15) is 23.9 Å². The maximum Gasteiger partial charge on any atom is 0.326 e. The first-order valence-corrected chi connectivity index (χ1v) is 13.4. The Morgan fingerprint density at radius 2 is 1.39 bits per heavy atom. The van der Waals surface area contributed by atoms with Crippen molar-refractivity contribution in [3.63, 3.8) is 0 Å². The molecule has 0 aliphatic rings. The van der Waals surface area contributed by atoms with E-state index in [2.05, 4.69) is 16.0 Å². The molecule has 12 heteroatoms. The second-order valence-corrected chi connectivity index (χ2v) is 10.0. The molecule has 0 radical (unpaired) electrons. The number of aliphatic carboxylic acids is 1. The van der Waals surface area contributed by atoms with E-state index in [9.17, 15) is 34.2 Å². The average molecular weight is 570 g/mol. The molecule has 0 saturated heterocycles. The number of hydrogen-bond acceptors (Lipinski definition) is 7. The van der Waals surface area contributed by atoms with Gasteiger partial charge in [0.05, 0.1) is 6.04 Å². The first-order chi connectivity index (χ1) is 19.4. The summed E-state index contributed by atoms with van der Waals surface area (Å²) in [6.45, 7) is 3.59. The lowest BCUT2D eigenvalue weighted by Crippen LogP contribution is -2.59. The number of carboxylic acids is 1. The third-order valence-corrected chi connectivity index (χ3v) is 6.73. The first-order valence-electron chi connectivity index (χ1n) is 13.4. The van der Waals surface area contributed by atoms with E-state index in [1.807, 2.05) is 37.3 Å². The number of carboxylic acid groups (broad SMARTS) is 1. The molecule has 5 atom stereocenters. The summed E-state index contributed by atoms with van der Waals surface area (Å²) in [5.74, 6) is -4.44. The zero-order chi connectivity index (χ0) is 30.5. The van der Waals surface area contributed by atoms with E-state index in [-0.39, 0.29) is 37.4 Å². The molecule has 222 valence electrons. The lowest BCUT2D eigenvalue weighted by Gasteiger charge is -2.28. The predicted molar refractivity (Wildman–Crippen MR) is 151 cm³/mol. The Bertz CT molecular complexity index is 1190. The van der Waals surface area contributed by atoms with Gasteiger partial charge in [0.2, 0.25) is 23.6 Å². The Kier molecular flexibility index (Phi) is 12.8. The Balaban J connectivity index is 2.16. The molecule has 41 heavy (non-hydrogen) atoms. The summed E-state index contributed by atoms with van der Waals surface area (Å²) in [5.41, 5.74) is 12.7. The van der Waals surface area contributed by atoms with Crippen molar-refractivity contribution < 1.29 is 34.2 Å². The zero-order valence-corrected chi connectivity index (χ0v) is 23.2. The van der Waals surface area contributed by atoms with Crippen molar-refractivity contribution in [2.45, 2.75) is 70.1 Å². The smallest absolute Gasteiger partial charge is 0.326 e. The minimum atomic E-state index is -1.36. The van der Waals surface area contributed by atoms with Crippen LogP contribution in [0.25, 0.3) is 0 Å². The molecule has 2 aromatic carbocycles. The molecule has 0 aliphatic carbocycles. The number of hydrogen-bond donors (Lipinski definition) is 7. The topological polar surface area (TPSA) is 214 Å². The van der Waals surface area contributed by atoms with Crippen LogP contribution in [-0.4, -0.2) is 64.0 Å². The van der Waals surface area contributed by atoms with Gasteiger partial charge in [0.25, 0.3) is 0 Å². The number of carbonyl (C=O) groups excluding carboxylic acids is 4. The molecule has 0 aliphatic heterocycles. The lowest BCUT2D eigenvalue weighted by molar-refractivity contribution is -0.142. The number of amides is 4. The van der Waals surface area contributed by atoms with Crippen LogP contribution in [-0.2, 0) is 36.8 Å². The number of carbonyl (C=O) groups is 5. The van der Waals surface area contributed by atoms with Gasteiger partial charge >= 0.3 is 5.97 Å². The van der Waals surface area contributed by atoms with Gasteiger partial charge in [0.15, 0.2) is 0 Å². The minimum Gasteiger partial charge on any atom is -0.508 e. The standard InChI is InChI=1S/C29H39N5O7/c1-3-17(2)25(34-26(37)21(30)15-18-7-5-4-6-8-18)28(39)32-22(13-14-24(31)36)27(38)33-23(29(40)41)16-19-9-11-20(35)12-10-19/h4-12,17,21-23,25,35H,3,13-16,30H2,1-2H3,(H2,31,36)(H,32,39)(H,33,38)(H,34,37)(H,40,41). The van der Waals surface area contributed by atoms with Crippen LogP contribution in [0.2, 0.25) is 0 Å². The summed E-state index contributed by atoms with van der Waals surface area (Å²) >= 11 is 0. The number of primary amides is 1. The summed E-state index contributed by atoms with van der Waals surface area (Å²) in [5, 5.41) is 26.8. The maximum atomic E-state index is 13.4. The van der Waals surface area contributed by atoms with Crippen molar-refractivity contribution in [2.24, 2.45) is 17.4 Å².